The normalized spacial score (nSPS) is 11.3. The molecule has 6 heteroatoms. The highest BCUT2D eigenvalue weighted by Crippen LogP contribution is 2.36. The molecule has 4 nitrogen and oxygen atoms in total. The average Bonchev–Trinajstić information content (AvgIpc) is 3.07. The number of hydrogen-bond acceptors (Lipinski definition) is 3. The number of amides is 1. The summed E-state index contributed by atoms with van der Waals surface area (Å²) in [5, 5.41) is 6.00. The molecule has 0 saturated carbocycles. The second-order valence-electron chi connectivity index (χ2n) is 4.83. The smallest absolute Gasteiger partial charge is 0.340 e. The summed E-state index contributed by atoms with van der Waals surface area (Å²) in [7, 11) is 0. The van der Waals surface area contributed by atoms with Crippen LogP contribution in [0.4, 0.5) is 9.18 Å². The molecule has 2 N–H and O–H groups in total. The van der Waals surface area contributed by atoms with Gasteiger partial charge in [0.15, 0.2) is 0 Å². The number of carbonyl (C=O) groups excluding carboxylic acids is 1. The Morgan fingerprint density at radius 1 is 1.32 bits per heavy atom. The predicted molar refractivity (Wildman–Crippen MR) is 84.3 cm³/mol. The van der Waals surface area contributed by atoms with Gasteiger partial charge in [-0.05, 0) is 23.6 Å². The molecule has 4 rings (SSSR count). The first-order valence-electron chi connectivity index (χ1n) is 6.52. The zero-order valence-corrected chi connectivity index (χ0v) is 12.0. The topological polar surface area (TPSA) is 60.9 Å². The molecule has 4 aromatic rings. The summed E-state index contributed by atoms with van der Waals surface area (Å²) >= 11 is 1.56. The van der Waals surface area contributed by atoms with Crippen LogP contribution in [0.25, 0.3) is 31.6 Å². The Morgan fingerprint density at radius 2 is 2.14 bits per heavy atom. The summed E-state index contributed by atoms with van der Waals surface area (Å²) < 4.78 is 15.5. The van der Waals surface area contributed by atoms with Crippen molar-refractivity contribution in [2.75, 3.05) is 0 Å². The molecular formula is C16H9FN3OS. The quantitative estimate of drug-likeness (QED) is 0.581. The van der Waals surface area contributed by atoms with Gasteiger partial charge in [0.2, 0.25) is 0 Å². The number of fused-ring (bicyclic) bond motifs is 2. The first-order valence-corrected chi connectivity index (χ1v) is 7.34. The molecule has 0 bridgehead atoms. The Morgan fingerprint density at radius 3 is 2.91 bits per heavy atom. The number of nitrogens with zero attached hydrogens (tertiary/aromatic N) is 2. The van der Waals surface area contributed by atoms with Gasteiger partial charge in [-0.15, -0.1) is 11.3 Å². The molecule has 0 aliphatic carbocycles. The van der Waals surface area contributed by atoms with E-state index in [2.05, 4.69) is 11.2 Å². The van der Waals surface area contributed by atoms with Gasteiger partial charge in [0, 0.05) is 22.2 Å². The molecule has 0 aliphatic rings. The van der Waals surface area contributed by atoms with Crippen LogP contribution in [0.5, 0.6) is 0 Å². The number of nitrogens with two attached hydrogens (primary N) is 1. The highest BCUT2D eigenvalue weighted by molar-refractivity contribution is 7.22. The van der Waals surface area contributed by atoms with Crippen LogP contribution in [0.2, 0.25) is 0 Å². The number of hydrogen-bond donors (Lipinski definition) is 1. The summed E-state index contributed by atoms with van der Waals surface area (Å²) in [6.07, 6.45) is 0. The molecule has 22 heavy (non-hydrogen) atoms. The molecule has 2 heterocycles. The van der Waals surface area contributed by atoms with Crippen molar-refractivity contribution in [3.8, 4) is 10.6 Å². The summed E-state index contributed by atoms with van der Waals surface area (Å²) in [4.78, 5) is 12.4. The fraction of sp³-hybridized carbons (Fsp3) is 0. The second-order valence-corrected chi connectivity index (χ2v) is 5.91. The molecule has 2 aromatic carbocycles. The van der Waals surface area contributed by atoms with E-state index in [4.69, 9.17) is 5.73 Å². The van der Waals surface area contributed by atoms with Gasteiger partial charge in [-0.1, -0.05) is 18.2 Å². The number of aromatic nitrogens is 2. The van der Waals surface area contributed by atoms with Crippen LogP contribution in [0, 0.1) is 11.9 Å². The van der Waals surface area contributed by atoms with Crippen LogP contribution in [-0.4, -0.2) is 15.8 Å². The minimum atomic E-state index is -0.747. The van der Waals surface area contributed by atoms with Crippen molar-refractivity contribution in [3.63, 3.8) is 0 Å². The van der Waals surface area contributed by atoms with Crippen molar-refractivity contribution < 1.29 is 9.18 Å². The van der Waals surface area contributed by atoms with E-state index in [1.165, 1.54) is 12.1 Å². The maximum atomic E-state index is 13.4. The third kappa shape index (κ3) is 1.88. The lowest BCUT2D eigenvalue weighted by molar-refractivity contribution is 0.248. The number of rotatable bonds is 1. The molecular weight excluding hydrogens is 301 g/mol. The monoisotopic (exact) mass is 310 g/mol. The van der Waals surface area contributed by atoms with Crippen molar-refractivity contribution in [2.24, 2.45) is 5.73 Å². The van der Waals surface area contributed by atoms with E-state index in [0.717, 1.165) is 19.6 Å². The Kier molecular flexibility index (Phi) is 2.74. The fourth-order valence-electron chi connectivity index (χ4n) is 2.48. The highest BCUT2D eigenvalue weighted by Gasteiger charge is 2.17. The fourth-order valence-corrected chi connectivity index (χ4v) is 3.54. The maximum absolute atomic E-state index is 13.4. The van der Waals surface area contributed by atoms with Crippen LogP contribution >= 0.6 is 11.3 Å². The van der Waals surface area contributed by atoms with E-state index in [1.54, 1.807) is 11.3 Å². The van der Waals surface area contributed by atoms with Gasteiger partial charge in [0.05, 0.1) is 10.4 Å². The van der Waals surface area contributed by atoms with Gasteiger partial charge < -0.3 is 5.73 Å². The van der Waals surface area contributed by atoms with E-state index in [9.17, 15) is 9.18 Å². The number of thiophene rings is 1. The van der Waals surface area contributed by atoms with E-state index in [0.29, 0.717) is 16.6 Å². The summed E-state index contributed by atoms with van der Waals surface area (Å²) in [6, 6.07) is 14.4. The van der Waals surface area contributed by atoms with Crippen molar-refractivity contribution >= 4 is 38.4 Å². The van der Waals surface area contributed by atoms with Crippen molar-refractivity contribution in [1.82, 2.24) is 9.78 Å². The van der Waals surface area contributed by atoms with Gasteiger partial charge in [0.1, 0.15) is 11.5 Å². The first kappa shape index (κ1) is 13.0. The summed E-state index contributed by atoms with van der Waals surface area (Å²) in [5.41, 5.74) is 6.28. The molecule has 1 amide bonds. The number of halogens is 1. The largest absolute Gasteiger partial charge is 0.350 e. The molecule has 0 aliphatic heterocycles. The summed E-state index contributed by atoms with van der Waals surface area (Å²) in [6.45, 7) is 0. The molecule has 0 atom stereocenters. The molecule has 0 saturated heterocycles. The molecule has 1 radical (unpaired) electrons. The lowest BCUT2D eigenvalue weighted by atomic mass is 10.1. The lowest BCUT2D eigenvalue weighted by Gasteiger charge is -1.95. The van der Waals surface area contributed by atoms with E-state index in [-0.39, 0.29) is 0 Å². The van der Waals surface area contributed by atoms with E-state index in [1.807, 2.05) is 30.3 Å². The maximum Gasteiger partial charge on any atom is 0.340 e. The van der Waals surface area contributed by atoms with Crippen LogP contribution in [0.1, 0.15) is 0 Å². The highest BCUT2D eigenvalue weighted by atomic mass is 32.1. The van der Waals surface area contributed by atoms with Gasteiger partial charge in [-0.3, -0.25) is 0 Å². The van der Waals surface area contributed by atoms with Crippen LogP contribution in [-0.2, 0) is 0 Å². The summed E-state index contributed by atoms with van der Waals surface area (Å²) in [5.74, 6) is -0.558. The standard InChI is InChI=1S/C16H9FN3OS/c17-10-5-6-11-12(8-10)20(16(18)21)19-15(11)14-7-9-3-1-2-4-13(9)22-14/h1-4,6-8H,(H2,18,21). The predicted octanol–water partition coefficient (Wildman–Crippen LogP) is 3.78. The van der Waals surface area contributed by atoms with E-state index < -0.39 is 11.8 Å². The molecule has 2 aromatic heterocycles. The zero-order chi connectivity index (χ0) is 15.3. The third-order valence-electron chi connectivity index (χ3n) is 3.44. The van der Waals surface area contributed by atoms with Crippen LogP contribution in [0.15, 0.2) is 42.5 Å². The lowest BCUT2D eigenvalue weighted by Crippen LogP contribution is -2.20. The van der Waals surface area contributed by atoms with Gasteiger partial charge in [0.25, 0.3) is 0 Å². The van der Waals surface area contributed by atoms with Crippen LogP contribution in [0.3, 0.4) is 0 Å². The Balaban J connectivity index is 2.04. The molecule has 107 valence electrons. The first-order chi connectivity index (χ1) is 10.6. The molecule has 0 spiro atoms. The molecule has 0 fully saturated rings. The van der Waals surface area contributed by atoms with Crippen LogP contribution < -0.4 is 5.73 Å². The second kappa shape index (κ2) is 4.64. The van der Waals surface area contributed by atoms with Gasteiger partial charge >= 0.3 is 6.03 Å². The van der Waals surface area contributed by atoms with Gasteiger partial charge in [-0.25, -0.2) is 9.18 Å². The van der Waals surface area contributed by atoms with Crippen molar-refractivity contribution in [2.45, 2.75) is 0 Å². The van der Waals surface area contributed by atoms with Gasteiger partial charge in [-0.2, -0.15) is 9.78 Å². The minimum absolute atomic E-state index is 0.344. The number of primary amides is 1. The SMILES string of the molecule is NC(=O)n1nc(-c2cc3ccccc3s2)c2c[c]c(F)cc21. The zero-order valence-electron chi connectivity index (χ0n) is 11.2. The molecule has 0 unspecified atom stereocenters. The Hall–Kier alpha value is -2.73. The Bertz CT molecular complexity index is 1000. The third-order valence-corrected chi connectivity index (χ3v) is 4.57. The van der Waals surface area contributed by atoms with Crippen molar-refractivity contribution in [3.05, 3.63) is 54.3 Å². The van der Waals surface area contributed by atoms with E-state index >= 15 is 0 Å². The number of benzene rings is 2. The Labute approximate surface area is 128 Å². The minimum Gasteiger partial charge on any atom is -0.350 e. The average molecular weight is 310 g/mol. The number of carbonyl (C=O) groups is 1. The van der Waals surface area contributed by atoms with Crippen molar-refractivity contribution in [1.29, 1.82) is 0 Å².